The maximum absolute atomic E-state index is 12.2. The lowest BCUT2D eigenvalue weighted by atomic mass is 10.1. The van der Waals surface area contributed by atoms with Crippen LogP contribution in [0.25, 0.3) is 0 Å². The highest BCUT2D eigenvalue weighted by molar-refractivity contribution is 5.92. The molecule has 2 rings (SSSR count). The average Bonchev–Trinajstić information content (AvgIpc) is 2.95. The quantitative estimate of drug-likeness (QED) is 0.887. The van der Waals surface area contributed by atoms with E-state index in [9.17, 15) is 9.59 Å². The molecule has 0 fully saturated rings. The van der Waals surface area contributed by atoms with Crippen molar-refractivity contribution in [3.8, 4) is 0 Å². The van der Waals surface area contributed by atoms with Gasteiger partial charge in [0, 0.05) is 18.8 Å². The molecule has 21 heavy (non-hydrogen) atoms. The second kappa shape index (κ2) is 6.26. The van der Waals surface area contributed by atoms with Crippen molar-refractivity contribution in [1.29, 1.82) is 0 Å². The van der Waals surface area contributed by atoms with E-state index < -0.39 is 5.97 Å². The zero-order valence-electron chi connectivity index (χ0n) is 12.0. The van der Waals surface area contributed by atoms with E-state index in [2.05, 4.69) is 5.32 Å². The van der Waals surface area contributed by atoms with Crippen molar-refractivity contribution in [3.05, 3.63) is 59.4 Å². The summed E-state index contributed by atoms with van der Waals surface area (Å²) in [5, 5.41) is 11.7. The summed E-state index contributed by atoms with van der Waals surface area (Å²) in [5.41, 5.74) is 1.71. The Morgan fingerprint density at radius 2 is 1.86 bits per heavy atom. The molecule has 0 spiro atoms. The predicted octanol–water partition coefficient (Wildman–Crippen LogP) is 2.70. The molecule has 0 atom stereocenters. The van der Waals surface area contributed by atoms with Crippen LogP contribution >= 0.6 is 0 Å². The molecule has 2 N–H and O–H groups in total. The van der Waals surface area contributed by atoms with E-state index in [0.29, 0.717) is 12.2 Å². The van der Waals surface area contributed by atoms with Gasteiger partial charge in [0.1, 0.15) is 5.69 Å². The number of benzene rings is 1. The van der Waals surface area contributed by atoms with Crippen LogP contribution in [-0.4, -0.2) is 21.6 Å². The zero-order valence-corrected chi connectivity index (χ0v) is 12.0. The number of nitrogens with zero attached hydrogens (tertiary/aromatic N) is 1. The Labute approximate surface area is 123 Å². The standard InChI is InChI=1S/C16H18N2O3/c1-11(2)18-9-3-4-14(18)15(19)17-10-12-5-7-13(8-6-12)16(20)21/h3-9,11H,10H2,1-2H3,(H,17,19)(H,20,21). The molecule has 0 bridgehead atoms. The van der Waals surface area contributed by atoms with Crippen LogP contribution in [0.3, 0.4) is 0 Å². The molecule has 0 saturated carbocycles. The third kappa shape index (κ3) is 3.51. The molecule has 0 radical (unpaired) electrons. The Morgan fingerprint density at radius 3 is 2.43 bits per heavy atom. The molecule has 0 unspecified atom stereocenters. The van der Waals surface area contributed by atoms with Gasteiger partial charge in [0.05, 0.1) is 5.56 Å². The molecule has 1 heterocycles. The summed E-state index contributed by atoms with van der Waals surface area (Å²) >= 11 is 0. The van der Waals surface area contributed by atoms with E-state index >= 15 is 0 Å². The Morgan fingerprint density at radius 1 is 1.19 bits per heavy atom. The van der Waals surface area contributed by atoms with Crippen LogP contribution in [0.4, 0.5) is 0 Å². The summed E-state index contributed by atoms with van der Waals surface area (Å²) in [7, 11) is 0. The van der Waals surface area contributed by atoms with Crippen molar-refractivity contribution in [1.82, 2.24) is 9.88 Å². The average molecular weight is 286 g/mol. The molecule has 110 valence electrons. The second-order valence-corrected chi connectivity index (χ2v) is 5.08. The van der Waals surface area contributed by atoms with Gasteiger partial charge in [-0.1, -0.05) is 12.1 Å². The summed E-state index contributed by atoms with van der Waals surface area (Å²) in [5.74, 6) is -1.10. The van der Waals surface area contributed by atoms with Crippen LogP contribution in [0.15, 0.2) is 42.6 Å². The van der Waals surface area contributed by atoms with Gasteiger partial charge in [-0.25, -0.2) is 4.79 Å². The molecule has 2 aromatic rings. The Kier molecular flexibility index (Phi) is 4.42. The number of carboxylic acids is 1. The Balaban J connectivity index is 2.00. The summed E-state index contributed by atoms with van der Waals surface area (Å²) < 4.78 is 1.91. The van der Waals surface area contributed by atoms with Crippen molar-refractivity contribution in [3.63, 3.8) is 0 Å². The van der Waals surface area contributed by atoms with Crippen molar-refractivity contribution in [2.75, 3.05) is 0 Å². The van der Waals surface area contributed by atoms with Crippen LogP contribution in [0.2, 0.25) is 0 Å². The van der Waals surface area contributed by atoms with Gasteiger partial charge in [0.15, 0.2) is 0 Å². The fourth-order valence-corrected chi connectivity index (χ4v) is 2.07. The van der Waals surface area contributed by atoms with Gasteiger partial charge < -0.3 is 15.0 Å². The van der Waals surface area contributed by atoms with E-state index in [1.54, 1.807) is 18.2 Å². The van der Waals surface area contributed by atoms with Crippen molar-refractivity contribution in [2.45, 2.75) is 26.4 Å². The lowest BCUT2D eigenvalue weighted by molar-refractivity contribution is 0.0696. The van der Waals surface area contributed by atoms with Gasteiger partial charge in [-0.05, 0) is 43.7 Å². The zero-order chi connectivity index (χ0) is 15.4. The van der Waals surface area contributed by atoms with E-state index in [4.69, 9.17) is 5.11 Å². The summed E-state index contributed by atoms with van der Waals surface area (Å²) in [6, 6.07) is 10.3. The third-order valence-corrected chi connectivity index (χ3v) is 3.22. The first kappa shape index (κ1) is 14.8. The molecular weight excluding hydrogens is 268 g/mol. The second-order valence-electron chi connectivity index (χ2n) is 5.08. The number of hydrogen-bond acceptors (Lipinski definition) is 2. The highest BCUT2D eigenvalue weighted by atomic mass is 16.4. The number of amides is 1. The van der Waals surface area contributed by atoms with Gasteiger partial charge in [-0.3, -0.25) is 4.79 Å². The van der Waals surface area contributed by atoms with E-state index in [0.717, 1.165) is 5.56 Å². The first-order valence-electron chi connectivity index (χ1n) is 6.76. The Hall–Kier alpha value is -2.56. The number of carboxylic acid groups (broad SMARTS) is 1. The molecule has 5 heteroatoms. The molecule has 5 nitrogen and oxygen atoms in total. The van der Waals surface area contributed by atoms with Crippen LogP contribution < -0.4 is 5.32 Å². The minimum atomic E-state index is -0.958. The van der Waals surface area contributed by atoms with Crippen molar-refractivity contribution < 1.29 is 14.7 Å². The number of aromatic nitrogens is 1. The van der Waals surface area contributed by atoms with Gasteiger partial charge in [0.2, 0.25) is 0 Å². The summed E-state index contributed by atoms with van der Waals surface area (Å²) in [4.78, 5) is 22.9. The third-order valence-electron chi connectivity index (χ3n) is 3.22. The van der Waals surface area contributed by atoms with Gasteiger partial charge in [-0.2, -0.15) is 0 Å². The minimum Gasteiger partial charge on any atom is -0.478 e. The van der Waals surface area contributed by atoms with Gasteiger partial charge >= 0.3 is 5.97 Å². The predicted molar refractivity (Wildman–Crippen MR) is 79.4 cm³/mol. The lowest BCUT2D eigenvalue weighted by Gasteiger charge is -2.13. The number of carbonyl (C=O) groups excluding carboxylic acids is 1. The van der Waals surface area contributed by atoms with Crippen molar-refractivity contribution >= 4 is 11.9 Å². The van der Waals surface area contributed by atoms with E-state index in [1.165, 1.54) is 12.1 Å². The molecule has 0 aliphatic carbocycles. The van der Waals surface area contributed by atoms with Gasteiger partial charge in [-0.15, -0.1) is 0 Å². The molecule has 0 saturated heterocycles. The summed E-state index contributed by atoms with van der Waals surface area (Å²) in [6.45, 7) is 4.39. The van der Waals surface area contributed by atoms with E-state index in [1.807, 2.05) is 30.7 Å². The molecule has 1 aromatic carbocycles. The lowest BCUT2D eigenvalue weighted by Crippen LogP contribution is -2.25. The van der Waals surface area contributed by atoms with Crippen LogP contribution in [0, 0.1) is 0 Å². The maximum Gasteiger partial charge on any atom is 0.335 e. The number of hydrogen-bond donors (Lipinski definition) is 2. The Bertz CT molecular complexity index is 642. The van der Waals surface area contributed by atoms with Crippen LogP contribution in [0.5, 0.6) is 0 Å². The molecule has 0 aliphatic rings. The highest BCUT2D eigenvalue weighted by Gasteiger charge is 2.12. The smallest absolute Gasteiger partial charge is 0.335 e. The fourth-order valence-electron chi connectivity index (χ4n) is 2.07. The first-order chi connectivity index (χ1) is 9.99. The van der Waals surface area contributed by atoms with Crippen LogP contribution in [0.1, 0.15) is 46.3 Å². The number of carbonyl (C=O) groups is 2. The molecule has 1 aromatic heterocycles. The topological polar surface area (TPSA) is 71.3 Å². The monoisotopic (exact) mass is 286 g/mol. The van der Waals surface area contributed by atoms with Gasteiger partial charge in [0.25, 0.3) is 5.91 Å². The number of rotatable bonds is 5. The number of aromatic carboxylic acids is 1. The van der Waals surface area contributed by atoms with Crippen LogP contribution in [-0.2, 0) is 6.54 Å². The molecule has 1 amide bonds. The normalized spacial score (nSPS) is 10.6. The minimum absolute atomic E-state index is 0.143. The fraction of sp³-hybridized carbons (Fsp3) is 0.250. The maximum atomic E-state index is 12.2. The molecule has 0 aliphatic heterocycles. The largest absolute Gasteiger partial charge is 0.478 e. The van der Waals surface area contributed by atoms with E-state index in [-0.39, 0.29) is 17.5 Å². The summed E-state index contributed by atoms with van der Waals surface area (Å²) in [6.07, 6.45) is 1.88. The highest BCUT2D eigenvalue weighted by Crippen LogP contribution is 2.11. The van der Waals surface area contributed by atoms with Crippen molar-refractivity contribution in [2.24, 2.45) is 0 Å². The number of nitrogens with one attached hydrogen (secondary N) is 1. The molecular formula is C16H18N2O3. The first-order valence-corrected chi connectivity index (χ1v) is 6.76. The SMILES string of the molecule is CC(C)n1cccc1C(=O)NCc1ccc(C(=O)O)cc1.